The van der Waals surface area contributed by atoms with E-state index in [1.54, 1.807) is 6.20 Å². The zero-order chi connectivity index (χ0) is 14.0. The summed E-state index contributed by atoms with van der Waals surface area (Å²) in [6.45, 7) is 3.84. The highest BCUT2D eigenvalue weighted by atomic mass is 19.2. The van der Waals surface area contributed by atoms with Gasteiger partial charge in [-0.05, 0) is 42.7 Å². The molecule has 1 aromatic carbocycles. The molecule has 0 aliphatic rings. The summed E-state index contributed by atoms with van der Waals surface area (Å²) in [5, 5.41) is 0. The van der Waals surface area contributed by atoms with Crippen molar-refractivity contribution in [3.8, 4) is 0 Å². The van der Waals surface area contributed by atoms with Gasteiger partial charge < -0.3 is 0 Å². The van der Waals surface area contributed by atoms with Crippen molar-refractivity contribution in [1.82, 2.24) is 10.4 Å². The van der Waals surface area contributed by atoms with Crippen LogP contribution >= 0.6 is 0 Å². The normalized spacial score (nSPS) is 12.5. The predicted molar refractivity (Wildman–Crippen MR) is 69.2 cm³/mol. The molecule has 0 aliphatic heterocycles. The lowest BCUT2D eigenvalue weighted by atomic mass is 9.99. The number of nitrogens with one attached hydrogen (secondary N) is 1. The van der Waals surface area contributed by atoms with Crippen molar-refractivity contribution < 1.29 is 8.78 Å². The molecule has 0 bridgehead atoms. The fraction of sp³-hybridized carbons (Fsp3) is 0.214. The molecule has 5 heteroatoms. The molecular formula is C14H15F2N3. The molecule has 19 heavy (non-hydrogen) atoms. The highest BCUT2D eigenvalue weighted by molar-refractivity contribution is 5.34. The minimum atomic E-state index is -0.900. The number of hydrazine groups is 1. The molecule has 3 nitrogen and oxygen atoms in total. The average Bonchev–Trinajstić information content (AvgIpc) is 2.37. The van der Waals surface area contributed by atoms with E-state index >= 15 is 0 Å². The summed E-state index contributed by atoms with van der Waals surface area (Å²) < 4.78 is 26.3. The Kier molecular flexibility index (Phi) is 3.87. The molecule has 0 aliphatic carbocycles. The average molecular weight is 263 g/mol. The first-order valence-electron chi connectivity index (χ1n) is 5.87. The number of nitrogens with two attached hydrogens (primary N) is 1. The third kappa shape index (κ3) is 2.77. The number of hydrogen-bond acceptors (Lipinski definition) is 3. The molecule has 0 saturated heterocycles. The van der Waals surface area contributed by atoms with E-state index in [2.05, 4.69) is 10.4 Å². The first-order chi connectivity index (χ1) is 9.02. The number of aromatic nitrogens is 1. The zero-order valence-electron chi connectivity index (χ0n) is 10.7. The molecule has 1 atom stereocenters. The largest absolute Gasteiger partial charge is 0.271 e. The highest BCUT2D eigenvalue weighted by Crippen LogP contribution is 2.24. The topological polar surface area (TPSA) is 50.9 Å². The van der Waals surface area contributed by atoms with Gasteiger partial charge in [-0.3, -0.25) is 10.8 Å². The molecule has 1 unspecified atom stereocenters. The summed E-state index contributed by atoms with van der Waals surface area (Å²) in [6.07, 6.45) is 1.71. The number of rotatable bonds is 3. The van der Waals surface area contributed by atoms with Crippen LogP contribution in [0.5, 0.6) is 0 Å². The number of halogens is 2. The lowest BCUT2D eigenvalue weighted by Crippen LogP contribution is -2.30. The van der Waals surface area contributed by atoms with Crippen molar-refractivity contribution in [2.75, 3.05) is 0 Å². The first-order valence-corrected chi connectivity index (χ1v) is 5.87. The molecule has 0 radical (unpaired) electrons. The Bertz CT molecular complexity index is 599. The molecule has 1 heterocycles. The van der Waals surface area contributed by atoms with Gasteiger partial charge >= 0.3 is 0 Å². The third-order valence-electron chi connectivity index (χ3n) is 2.97. The maximum Gasteiger partial charge on any atom is 0.159 e. The van der Waals surface area contributed by atoms with Crippen LogP contribution in [0.15, 0.2) is 30.5 Å². The van der Waals surface area contributed by atoms with Crippen LogP contribution in [0.25, 0.3) is 0 Å². The van der Waals surface area contributed by atoms with E-state index in [4.69, 9.17) is 5.84 Å². The molecule has 0 fully saturated rings. The third-order valence-corrected chi connectivity index (χ3v) is 2.97. The second kappa shape index (κ2) is 5.42. The van der Waals surface area contributed by atoms with E-state index < -0.39 is 17.7 Å². The Balaban J connectivity index is 2.46. The van der Waals surface area contributed by atoms with Crippen LogP contribution in [0.3, 0.4) is 0 Å². The fourth-order valence-corrected chi connectivity index (χ4v) is 2.05. The van der Waals surface area contributed by atoms with E-state index in [1.165, 1.54) is 6.07 Å². The molecule has 3 N–H and O–H groups in total. The van der Waals surface area contributed by atoms with Crippen molar-refractivity contribution in [2.24, 2.45) is 5.84 Å². The van der Waals surface area contributed by atoms with E-state index in [9.17, 15) is 8.78 Å². The smallest absolute Gasteiger partial charge is 0.159 e. The molecule has 0 amide bonds. The summed E-state index contributed by atoms with van der Waals surface area (Å²) in [6, 6.07) is 5.19. The quantitative estimate of drug-likeness (QED) is 0.661. The molecule has 1 aromatic heterocycles. The SMILES string of the molecule is Cc1cnc(C(NN)c2ccc(F)c(F)c2)c(C)c1. The van der Waals surface area contributed by atoms with Crippen LogP contribution in [0, 0.1) is 25.5 Å². The van der Waals surface area contributed by atoms with Crippen molar-refractivity contribution in [3.05, 3.63) is 64.5 Å². The number of aryl methyl sites for hydroxylation is 2. The number of hydrogen-bond donors (Lipinski definition) is 2. The van der Waals surface area contributed by atoms with Crippen LogP contribution in [0.4, 0.5) is 8.78 Å². The van der Waals surface area contributed by atoms with Gasteiger partial charge in [-0.25, -0.2) is 14.2 Å². The maximum absolute atomic E-state index is 13.3. The summed E-state index contributed by atoms with van der Waals surface area (Å²) in [7, 11) is 0. The Morgan fingerprint density at radius 3 is 2.47 bits per heavy atom. The van der Waals surface area contributed by atoms with E-state index in [-0.39, 0.29) is 0 Å². The molecule has 0 saturated carbocycles. The van der Waals surface area contributed by atoms with E-state index in [0.29, 0.717) is 11.3 Å². The summed E-state index contributed by atoms with van der Waals surface area (Å²) in [5.74, 6) is 3.74. The Hall–Kier alpha value is -1.85. The standard InChI is InChI=1S/C14H15F2N3/c1-8-5-9(2)13(18-7-8)14(19-17)10-3-4-11(15)12(16)6-10/h3-7,14,19H,17H2,1-2H3. The highest BCUT2D eigenvalue weighted by Gasteiger charge is 2.17. The van der Waals surface area contributed by atoms with Gasteiger partial charge in [0.25, 0.3) is 0 Å². The molecular weight excluding hydrogens is 248 g/mol. The van der Waals surface area contributed by atoms with Gasteiger partial charge in [0, 0.05) is 6.20 Å². The van der Waals surface area contributed by atoms with Crippen LogP contribution in [-0.4, -0.2) is 4.98 Å². The van der Waals surface area contributed by atoms with Gasteiger partial charge in [0.1, 0.15) is 0 Å². The number of benzene rings is 1. The molecule has 100 valence electrons. The number of pyridine rings is 1. The summed E-state index contributed by atoms with van der Waals surface area (Å²) in [4.78, 5) is 4.32. The lowest BCUT2D eigenvalue weighted by Gasteiger charge is -2.18. The van der Waals surface area contributed by atoms with Crippen molar-refractivity contribution in [2.45, 2.75) is 19.9 Å². The van der Waals surface area contributed by atoms with Crippen LogP contribution < -0.4 is 11.3 Å². The Morgan fingerprint density at radius 1 is 1.16 bits per heavy atom. The second-order valence-electron chi connectivity index (χ2n) is 4.49. The summed E-state index contributed by atoms with van der Waals surface area (Å²) in [5.41, 5.74) is 5.78. The number of nitrogens with zero attached hydrogens (tertiary/aromatic N) is 1. The first kappa shape index (κ1) is 13.6. The zero-order valence-corrected chi connectivity index (χ0v) is 10.7. The molecule has 0 spiro atoms. The van der Waals surface area contributed by atoms with E-state index in [1.807, 2.05) is 19.9 Å². The van der Waals surface area contributed by atoms with E-state index in [0.717, 1.165) is 23.3 Å². The second-order valence-corrected chi connectivity index (χ2v) is 4.49. The van der Waals surface area contributed by atoms with Gasteiger partial charge in [-0.15, -0.1) is 0 Å². The molecule has 2 rings (SSSR count). The molecule has 2 aromatic rings. The van der Waals surface area contributed by atoms with Crippen LogP contribution in [-0.2, 0) is 0 Å². The van der Waals surface area contributed by atoms with Crippen molar-refractivity contribution in [1.29, 1.82) is 0 Å². The van der Waals surface area contributed by atoms with Crippen LogP contribution in [0.1, 0.15) is 28.4 Å². The monoisotopic (exact) mass is 263 g/mol. The minimum Gasteiger partial charge on any atom is -0.271 e. The predicted octanol–water partition coefficient (Wildman–Crippen LogP) is 2.53. The lowest BCUT2D eigenvalue weighted by molar-refractivity contribution is 0.503. The Labute approximate surface area is 110 Å². The van der Waals surface area contributed by atoms with Crippen molar-refractivity contribution in [3.63, 3.8) is 0 Å². The Morgan fingerprint density at radius 2 is 1.89 bits per heavy atom. The van der Waals surface area contributed by atoms with Gasteiger partial charge in [0.2, 0.25) is 0 Å². The van der Waals surface area contributed by atoms with Gasteiger partial charge in [0.05, 0.1) is 11.7 Å². The summed E-state index contributed by atoms with van der Waals surface area (Å²) >= 11 is 0. The van der Waals surface area contributed by atoms with Crippen LogP contribution in [0.2, 0.25) is 0 Å². The maximum atomic E-state index is 13.3. The van der Waals surface area contributed by atoms with Crippen molar-refractivity contribution >= 4 is 0 Å². The van der Waals surface area contributed by atoms with Gasteiger partial charge in [-0.2, -0.15) is 0 Å². The van der Waals surface area contributed by atoms with Gasteiger partial charge in [0.15, 0.2) is 11.6 Å². The minimum absolute atomic E-state index is 0.476. The van der Waals surface area contributed by atoms with Gasteiger partial charge in [-0.1, -0.05) is 12.1 Å². The fourth-order valence-electron chi connectivity index (χ4n) is 2.05.